The first kappa shape index (κ1) is 18.0. The molecule has 2 N–H and O–H groups in total. The van der Waals surface area contributed by atoms with Crippen LogP contribution in [0.1, 0.15) is 28.5 Å². The van der Waals surface area contributed by atoms with E-state index < -0.39 is 0 Å². The summed E-state index contributed by atoms with van der Waals surface area (Å²) in [5, 5.41) is 4.50. The van der Waals surface area contributed by atoms with Crippen LogP contribution in [0.4, 0.5) is 0 Å². The van der Waals surface area contributed by atoms with Gasteiger partial charge in [-0.3, -0.25) is 9.59 Å². The molecule has 0 fully saturated rings. The van der Waals surface area contributed by atoms with Crippen molar-refractivity contribution < 1.29 is 4.79 Å². The zero-order valence-electron chi connectivity index (χ0n) is 16.0. The van der Waals surface area contributed by atoms with Gasteiger partial charge in [-0.2, -0.15) is 0 Å². The minimum Gasteiger partial charge on any atom is -0.361 e. The normalized spacial score (nSPS) is 11.2. The topological polar surface area (TPSA) is 79.8 Å². The number of hydrogen-bond acceptors (Lipinski definition) is 3. The fourth-order valence-corrected chi connectivity index (χ4v) is 3.51. The van der Waals surface area contributed by atoms with Crippen LogP contribution in [0.2, 0.25) is 0 Å². The number of nitrogens with zero attached hydrogens (tertiary/aromatic N) is 2. The number of nitrogens with one attached hydrogen (secondary N) is 2. The Hall–Kier alpha value is -3.41. The average molecular weight is 374 g/mol. The Morgan fingerprint density at radius 2 is 2.00 bits per heavy atom. The summed E-state index contributed by atoms with van der Waals surface area (Å²) in [7, 11) is 0. The number of para-hydroxylation sites is 1. The summed E-state index contributed by atoms with van der Waals surface area (Å²) in [4.78, 5) is 33.2. The zero-order chi connectivity index (χ0) is 19.7. The van der Waals surface area contributed by atoms with Gasteiger partial charge in [0.1, 0.15) is 11.2 Å². The Balaban J connectivity index is 1.56. The van der Waals surface area contributed by atoms with Crippen molar-refractivity contribution in [1.82, 2.24) is 19.9 Å². The van der Waals surface area contributed by atoms with Gasteiger partial charge in [0.15, 0.2) is 0 Å². The minimum atomic E-state index is -0.352. The summed E-state index contributed by atoms with van der Waals surface area (Å²) >= 11 is 0. The lowest BCUT2D eigenvalue weighted by Crippen LogP contribution is -2.31. The van der Waals surface area contributed by atoms with Crippen molar-refractivity contribution in [3.05, 3.63) is 75.8 Å². The van der Waals surface area contributed by atoms with Crippen molar-refractivity contribution in [2.45, 2.75) is 26.8 Å². The molecule has 0 saturated heterocycles. The third kappa shape index (κ3) is 3.17. The number of aryl methyl sites for hydroxylation is 2. The van der Waals surface area contributed by atoms with E-state index >= 15 is 0 Å². The lowest BCUT2D eigenvalue weighted by molar-refractivity contribution is 0.0952. The summed E-state index contributed by atoms with van der Waals surface area (Å²) in [5.41, 5.74) is 3.54. The summed E-state index contributed by atoms with van der Waals surface area (Å²) in [6.07, 6.45) is 4.26. The highest BCUT2D eigenvalue weighted by atomic mass is 16.2. The standard InChI is InChI=1S/C22H22N4O2/c1-3-26-13-18(20(27)17-9-8-14(2)25-21(17)26)22(28)23-11-10-15-12-24-19-7-5-4-6-16(15)19/h4-9,12-13,24H,3,10-11H2,1-2H3,(H,23,28). The second-order valence-corrected chi connectivity index (χ2v) is 6.85. The molecule has 3 heterocycles. The molecular weight excluding hydrogens is 352 g/mol. The predicted octanol–water partition coefficient (Wildman–Crippen LogP) is 3.18. The number of amides is 1. The maximum Gasteiger partial charge on any atom is 0.256 e. The third-order valence-corrected chi connectivity index (χ3v) is 5.00. The molecule has 4 rings (SSSR count). The number of aromatic nitrogens is 3. The molecule has 6 nitrogen and oxygen atoms in total. The fourth-order valence-electron chi connectivity index (χ4n) is 3.51. The predicted molar refractivity (Wildman–Crippen MR) is 111 cm³/mol. The number of hydrogen-bond donors (Lipinski definition) is 2. The molecular formula is C22H22N4O2. The molecule has 0 atom stereocenters. The van der Waals surface area contributed by atoms with Crippen LogP contribution in [0.3, 0.4) is 0 Å². The smallest absolute Gasteiger partial charge is 0.256 e. The quantitative estimate of drug-likeness (QED) is 0.563. The van der Waals surface area contributed by atoms with Gasteiger partial charge in [0.2, 0.25) is 5.43 Å². The Kier molecular flexibility index (Phi) is 4.69. The van der Waals surface area contributed by atoms with Crippen molar-refractivity contribution in [1.29, 1.82) is 0 Å². The first-order chi connectivity index (χ1) is 13.6. The number of H-pyrrole nitrogens is 1. The molecule has 142 valence electrons. The van der Waals surface area contributed by atoms with Crippen molar-refractivity contribution in [2.24, 2.45) is 0 Å². The van der Waals surface area contributed by atoms with Gasteiger partial charge in [-0.15, -0.1) is 0 Å². The van der Waals surface area contributed by atoms with E-state index in [0.717, 1.165) is 22.2 Å². The van der Waals surface area contributed by atoms with Crippen molar-refractivity contribution in [3.63, 3.8) is 0 Å². The van der Waals surface area contributed by atoms with Gasteiger partial charge in [0, 0.05) is 42.1 Å². The molecule has 0 aliphatic rings. The molecule has 0 bridgehead atoms. The highest BCUT2D eigenvalue weighted by Crippen LogP contribution is 2.17. The minimum absolute atomic E-state index is 0.152. The third-order valence-electron chi connectivity index (χ3n) is 5.00. The molecule has 3 aromatic heterocycles. The van der Waals surface area contributed by atoms with Crippen LogP contribution in [0.25, 0.3) is 21.9 Å². The Morgan fingerprint density at radius 3 is 2.82 bits per heavy atom. The molecule has 0 aliphatic heterocycles. The molecule has 0 radical (unpaired) electrons. The SMILES string of the molecule is CCn1cc(C(=O)NCCc2c[nH]c3ccccc23)c(=O)c2ccc(C)nc21. The van der Waals surface area contributed by atoms with Gasteiger partial charge in [-0.05, 0) is 44.0 Å². The number of benzene rings is 1. The van der Waals surface area contributed by atoms with Crippen molar-refractivity contribution in [2.75, 3.05) is 6.54 Å². The van der Waals surface area contributed by atoms with Crippen LogP contribution in [0.15, 0.2) is 53.6 Å². The monoisotopic (exact) mass is 374 g/mol. The van der Waals surface area contributed by atoms with E-state index in [-0.39, 0.29) is 16.9 Å². The Morgan fingerprint density at radius 1 is 1.18 bits per heavy atom. The van der Waals surface area contributed by atoms with E-state index in [1.54, 1.807) is 18.3 Å². The van der Waals surface area contributed by atoms with Crippen LogP contribution >= 0.6 is 0 Å². The lowest BCUT2D eigenvalue weighted by Gasteiger charge is -2.11. The van der Waals surface area contributed by atoms with Gasteiger partial charge in [0.25, 0.3) is 5.91 Å². The molecule has 4 aromatic rings. The summed E-state index contributed by atoms with van der Waals surface area (Å²) in [6.45, 7) is 4.93. The van der Waals surface area contributed by atoms with Crippen LogP contribution < -0.4 is 10.7 Å². The number of carbonyl (C=O) groups excluding carboxylic acids is 1. The molecule has 1 aromatic carbocycles. The molecule has 1 amide bonds. The van der Waals surface area contributed by atoms with Crippen LogP contribution in [0.5, 0.6) is 0 Å². The highest BCUT2D eigenvalue weighted by Gasteiger charge is 2.16. The maximum atomic E-state index is 12.8. The van der Waals surface area contributed by atoms with Crippen LogP contribution in [-0.4, -0.2) is 27.0 Å². The fraction of sp³-hybridized carbons (Fsp3) is 0.227. The van der Waals surface area contributed by atoms with E-state index in [2.05, 4.69) is 21.4 Å². The Bertz CT molecular complexity index is 1240. The lowest BCUT2D eigenvalue weighted by atomic mass is 10.1. The highest BCUT2D eigenvalue weighted by molar-refractivity contribution is 5.96. The number of pyridine rings is 2. The molecule has 0 aliphatic carbocycles. The van der Waals surface area contributed by atoms with Gasteiger partial charge in [-0.1, -0.05) is 18.2 Å². The first-order valence-electron chi connectivity index (χ1n) is 9.42. The number of fused-ring (bicyclic) bond motifs is 2. The van der Waals surface area contributed by atoms with E-state index in [0.29, 0.717) is 30.5 Å². The molecule has 0 unspecified atom stereocenters. The number of rotatable bonds is 5. The van der Waals surface area contributed by atoms with Gasteiger partial charge < -0.3 is 14.9 Å². The summed E-state index contributed by atoms with van der Waals surface area (Å²) in [6, 6.07) is 11.6. The second kappa shape index (κ2) is 7.31. The average Bonchev–Trinajstić information content (AvgIpc) is 3.11. The second-order valence-electron chi connectivity index (χ2n) is 6.85. The van der Waals surface area contributed by atoms with Crippen molar-refractivity contribution >= 4 is 27.8 Å². The van der Waals surface area contributed by atoms with Gasteiger partial charge >= 0.3 is 0 Å². The number of carbonyl (C=O) groups is 1. The zero-order valence-corrected chi connectivity index (χ0v) is 16.0. The van der Waals surface area contributed by atoms with E-state index in [1.807, 2.05) is 42.8 Å². The summed E-state index contributed by atoms with van der Waals surface area (Å²) in [5.74, 6) is -0.352. The largest absolute Gasteiger partial charge is 0.361 e. The number of aromatic amines is 1. The van der Waals surface area contributed by atoms with Crippen LogP contribution in [-0.2, 0) is 13.0 Å². The van der Waals surface area contributed by atoms with Gasteiger partial charge in [0.05, 0.1) is 5.39 Å². The molecule has 0 spiro atoms. The van der Waals surface area contributed by atoms with E-state index in [1.165, 1.54) is 0 Å². The van der Waals surface area contributed by atoms with Gasteiger partial charge in [-0.25, -0.2) is 4.98 Å². The Labute approximate surface area is 162 Å². The maximum absolute atomic E-state index is 12.8. The summed E-state index contributed by atoms with van der Waals surface area (Å²) < 4.78 is 1.85. The molecule has 28 heavy (non-hydrogen) atoms. The first-order valence-corrected chi connectivity index (χ1v) is 9.42. The van der Waals surface area contributed by atoms with E-state index in [9.17, 15) is 9.59 Å². The van der Waals surface area contributed by atoms with Crippen LogP contribution in [0, 0.1) is 6.92 Å². The molecule has 0 saturated carbocycles. The van der Waals surface area contributed by atoms with Crippen molar-refractivity contribution in [3.8, 4) is 0 Å². The van der Waals surface area contributed by atoms with E-state index in [4.69, 9.17) is 0 Å². The molecule has 6 heteroatoms.